The number of aromatic nitrogens is 2. The normalized spacial score (nSPS) is 20.1. The van der Waals surface area contributed by atoms with Gasteiger partial charge in [0.1, 0.15) is 0 Å². The standard InChI is InChI=1S/C29H32F4N6O3Se/c1-28(16-42-17-28)36-27(40)18-9-10-24(41-3)22(14-18)34-12-5-6-21-26(43-29(31,32)33)23-7-4-8-25(39(23)37-21)35-20-11-13-38(2)15-19(20)30/h4,7-10,14,19-20,34-35H,11-13,15-17H2,1-3H3,(H,36,40)/t19-,20+/m0/s1. The molecule has 2 aliphatic rings. The van der Waals surface area contributed by atoms with E-state index in [-0.39, 0.29) is 34.7 Å². The first kappa shape index (κ1) is 30.9. The number of nitrogens with one attached hydrogen (secondary N) is 3. The van der Waals surface area contributed by atoms with Gasteiger partial charge in [0.25, 0.3) is 0 Å². The molecule has 5 rings (SSSR count). The van der Waals surface area contributed by atoms with Crippen molar-refractivity contribution in [1.82, 2.24) is 19.8 Å². The van der Waals surface area contributed by atoms with Gasteiger partial charge in [-0.05, 0) is 6.92 Å². The quantitative estimate of drug-likeness (QED) is 0.194. The van der Waals surface area contributed by atoms with Gasteiger partial charge in [0.05, 0.1) is 13.2 Å². The molecule has 1 aromatic carbocycles. The second kappa shape index (κ2) is 12.6. The molecule has 43 heavy (non-hydrogen) atoms. The fraction of sp³-hybridized carbons (Fsp3) is 0.448. The van der Waals surface area contributed by atoms with Gasteiger partial charge in [0.15, 0.2) is 0 Å². The number of halogens is 4. The molecule has 14 heteroatoms. The van der Waals surface area contributed by atoms with Crippen molar-refractivity contribution in [3.63, 3.8) is 0 Å². The van der Waals surface area contributed by atoms with Crippen LogP contribution in [-0.2, 0) is 4.74 Å². The number of fused-ring (bicyclic) bond motifs is 1. The van der Waals surface area contributed by atoms with E-state index in [1.54, 1.807) is 36.4 Å². The van der Waals surface area contributed by atoms with Crippen molar-refractivity contribution in [3.05, 3.63) is 47.7 Å². The van der Waals surface area contributed by atoms with Crippen LogP contribution in [0.25, 0.3) is 5.52 Å². The first-order valence-electron chi connectivity index (χ1n) is 13.6. The summed E-state index contributed by atoms with van der Waals surface area (Å²) in [5.41, 5.74) is 0.758. The molecular formula is C29H32F4N6O3Se. The summed E-state index contributed by atoms with van der Waals surface area (Å²) in [5, 5.41) is 9.16. The molecule has 0 saturated carbocycles. The maximum atomic E-state index is 14.7. The molecule has 0 spiro atoms. The molecule has 2 saturated heterocycles. The third-order valence-corrected chi connectivity index (χ3v) is 8.96. The molecule has 4 heterocycles. The van der Waals surface area contributed by atoms with Crippen LogP contribution < -0.4 is 25.1 Å². The van der Waals surface area contributed by atoms with Gasteiger partial charge < -0.3 is 4.74 Å². The molecule has 9 nitrogen and oxygen atoms in total. The van der Waals surface area contributed by atoms with E-state index in [0.29, 0.717) is 49.0 Å². The number of rotatable bonds is 8. The van der Waals surface area contributed by atoms with E-state index in [0.717, 1.165) is 0 Å². The van der Waals surface area contributed by atoms with Crippen molar-refractivity contribution in [2.24, 2.45) is 0 Å². The molecular weight excluding hydrogens is 635 g/mol. The maximum absolute atomic E-state index is 14.7. The van der Waals surface area contributed by atoms with E-state index in [1.807, 2.05) is 18.9 Å². The summed E-state index contributed by atoms with van der Waals surface area (Å²) in [5.74, 6) is 6.25. The minimum absolute atomic E-state index is 0.000966. The van der Waals surface area contributed by atoms with Crippen LogP contribution in [0.2, 0.25) is 0 Å². The molecule has 1 amide bonds. The number of carbonyl (C=O) groups excluding carboxylic acids is 1. The zero-order chi connectivity index (χ0) is 30.8. The fourth-order valence-electron chi connectivity index (χ4n) is 4.95. The molecule has 2 aliphatic heterocycles. The number of hydrogen-bond donors (Lipinski definition) is 3. The van der Waals surface area contributed by atoms with Crippen LogP contribution >= 0.6 is 0 Å². The molecule has 0 bridgehead atoms. The number of piperidine rings is 1. The topological polar surface area (TPSA) is 92.2 Å². The van der Waals surface area contributed by atoms with Crippen LogP contribution in [0, 0.1) is 11.8 Å². The number of methoxy groups -OCH3 is 1. The zero-order valence-corrected chi connectivity index (χ0v) is 25.6. The van der Waals surface area contributed by atoms with Gasteiger partial charge in [-0.2, -0.15) is 0 Å². The number of nitrogens with zero attached hydrogens (tertiary/aromatic N) is 3. The zero-order valence-electron chi connectivity index (χ0n) is 23.8. The third kappa shape index (κ3) is 7.36. The Bertz CT molecular complexity index is 1550. The first-order valence-corrected chi connectivity index (χ1v) is 15.3. The van der Waals surface area contributed by atoms with E-state index >= 15 is 0 Å². The van der Waals surface area contributed by atoms with Crippen molar-refractivity contribution in [2.75, 3.05) is 57.6 Å². The van der Waals surface area contributed by atoms with E-state index in [9.17, 15) is 22.4 Å². The Morgan fingerprint density at radius 3 is 2.74 bits per heavy atom. The molecule has 2 atom stereocenters. The Morgan fingerprint density at radius 2 is 2.07 bits per heavy atom. The van der Waals surface area contributed by atoms with Crippen molar-refractivity contribution >= 4 is 42.3 Å². The molecule has 0 unspecified atom stereocenters. The SMILES string of the molecule is COc1ccc(C(=O)NC2(C)COC2)cc1NCC#Cc1nn2c(N[C@@H]3CCN(C)C[C@@H]3F)cccc2c1[Se]C(F)(F)F. The van der Waals surface area contributed by atoms with Crippen LogP contribution in [0.3, 0.4) is 0 Å². The number of likely N-dealkylation sites (tertiary alicyclic amines) is 1. The molecule has 3 N–H and O–H groups in total. The van der Waals surface area contributed by atoms with E-state index in [4.69, 9.17) is 9.47 Å². The molecule has 230 valence electrons. The van der Waals surface area contributed by atoms with Crippen LogP contribution in [0.4, 0.5) is 29.1 Å². The van der Waals surface area contributed by atoms with Gasteiger partial charge in [0, 0.05) is 0 Å². The van der Waals surface area contributed by atoms with E-state index in [2.05, 4.69) is 32.9 Å². The van der Waals surface area contributed by atoms with Gasteiger partial charge in [-0.1, -0.05) is 0 Å². The summed E-state index contributed by atoms with van der Waals surface area (Å²) in [6, 6.07) is 9.28. The fourth-order valence-corrected chi connectivity index (χ4v) is 6.37. The number of pyridine rings is 1. The summed E-state index contributed by atoms with van der Waals surface area (Å²) >= 11 is -1.91. The Morgan fingerprint density at radius 1 is 1.28 bits per heavy atom. The van der Waals surface area contributed by atoms with Gasteiger partial charge in [-0.3, -0.25) is 0 Å². The predicted octanol–water partition coefficient (Wildman–Crippen LogP) is 2.63. The van der Waals surface area contributed by atoms with Crippen molar-refractivity contribution < 1.29 is 31.8 Å². The molecule has 0 aliphatic carbocycles. The van der Waals surface area contributed by atoms with Crippen molar-refractivity contribution in [1.29, 1.82) is 0 Å². The number of amides is 1. The van der Waals surface area contributed by atoms with Crippen LogP contribution in [0.15, 0.2) is 36.4 Å². The number of hydrogen-bond acceptors (Lipinski definition) is 7. The van der Waals surface area contributed by atoms with Gasteiger partial charge in [0.2, 0.25) is 0 Å². The second-order valence-electron chi connectivity index (χ2n) is 10.8. The number of carbonyl (C=O) groups is 1. The summed E-state index contributed by atoms with van der Waals surface area (Å²) in [6.07, 6.45) is -0.585. The number of alkyl halides is 4. The summed E-state index contributed by atoms with van der Waals surface area (Å²) < 4.78 is 67.5. The van der Waals surface area contributed by atoms with Crippen LogP contribution in [0.5, 0.6) is 5.75 Å². The van der Waals surface area contributed by atoms with Crippen molar-refractivity contribution in [2.45, 2.75) is 36.2 Å². The van der Waals surface area contributed by atoms with Crippen molar-refractivity contribution in [3.8, 4) is 17.6 Å². The number of benzene rings is 1. The Hall–Kier alpha value is -3.50. The summed E-state index contributed by atoms with van der Waals surface area (Å²) in [6.45, 7) is 3.78. The number of ether oxygens (including phenoxy) is 2. The minimum atomic E-state index is -4.43. The van der Waals surface area contributed by atoms with Crippen LogP contribution in [0.1, 0.15) is 29.4 Å². The average Bonchev–Trinajstić information content (AvgIpc) is 3.28. The predicted molar refractivity (Wildman–Crippen MR) is 156 cm³/mol. The first-order chi connectivity index (χ1) is 20.4. The third-order valence-electron chi connectivity index (χ3n) is 7.20. The van der Waals surface area contributed by atoms with Gasteiger partial charge in [-0.15, -0.1) is 0 Å². The van der Waals surface area contributed by atoms with E-state index < -0.39 is 37.8 Å². The Kier molecular flexibility index (Phi) is 9.08. The monoisotopic (exact) mass is 668 g/mol. The van der Waals surface area contributed by atoms with Crippen LogP contribution in [-0.4, -0.2) is 105 Å². The Balaban J connectivity index is 1.37. The molecule has 2 fully saturated rings. The van der Waals surface area contributed by atoms with Gasteiger partial charge in [-0.25, -0.2) is 0 Å². The summed E-state index contributed by atoms with van der Waals surface area (Å²) in [7, 11) is 3.33. The number of anilines is 2. The average molecular weight is 668 g/mol. The molecule has 0 radical (unpaired) electrons. The van der Waals surface area contributed by atoms with Gasteiger partial charge >= 0.3 is 228 Å². The Labute approximate surface area is 252 Å². The molecule has 2 aromatic heterocycles. The summed E-state index contributed by atoms with van der Waals surface area (Å²) in [4.78, 5) is 14.6. The molecule has 3 aromatic rings. The van der Waals surface area contributed by atoms with E-state index in [1.165, 1.54) is 11.6 Å². The second-order valence-corrected chi connectivity index (χ2v) is 13.1.